The number of alkyl halides is 3. The highest BCUT2D eigenvalue weighted by atomic mass is 35.5. The Morgan fingerprint density at radius 3 is 2.81 bits per heavy atom. The second kappa shape index (κ2) is 6.07. The van der Waals surface area contributed by atoms with Crippen molar-refractivity contribution in [3.8, 4) is 0 Å². The van der Waals surface area contributed by atoms with Gasteiger partial charge in [-0.05, 0) is 13.0 Å². The SMILES string of the molecule is C[C@H](O)C1=NO[C@@H](CNc2ncc(C(F)(F)F)cc2Cl)C1. The molecule has 0 saturated carbocycles. The molecule has 116 valence electrons. The van der Waals surface area contributed by atoms with Gasteiger partial charge >= 0.3 is 6.18 Å². The van der Waals surface area contributed by atoms with Gasteiger partial charge in [0, 0.05) is 12.6 Å². The average molecular weight is 324 g/mol. The highest BCUT2D eigenvalue weighted by Crippen LogP contribution is 2.32. The van der Waals surface area contributed by atoms with Crippen molar-refractivity contribution in [1.82, 2.24) is 4.98 Å². The van der Waals surface area contributed by atoms with Gasteiger partial charge in [-0.15, -0.1) is 0 Å². The van der Waals surface area contributed by atoms with Crippen LogP contribution in [0.3, 0.4) is 0 Å². The van der Waals surface area contributed by atoms with Gasteiger partial charge in [-0.1, -0.05) is 16.8 Å². The molecule has 0 fully saturated rings. The fraction of sp³-hybridized carbons (Fsp3) is 0.500. The highest BCUT2D eigenvalue weighted by molar-refractivity contribution is 6.32. The first-order chi connectivity index (χ1) is 9.77. The molecule has 1 aliphatic heterocycles. The van der Waals surface area contributed by atoms with Gasteiger partial charge in [0.05, 0.1) is 28.9 Å². The topological polar surface area (TPSA) is 66.7 Å². The number of oxime groups is 1. The van der Waals surface area contributed by atoms with Crippen LogP contribution in [0.4, 0.5) is 19.0 Å². The summed E-state index contributed by atoms with van der Waals surface area (Å²) < 4.78 is 37.4. The number of pyridine rings is 1. The molecule has 0 radical (unpaired) electrons. The van der Waals surface area contributed by atoms with Crippen LogP contribution in [0.5, 0.6) is 0 Å². The molecule has 2 heterocycles. The molecule has 0 bridgehead atoms. The lowest BCUT2D eigenvalue weighted by Crippen LogP contribution is -2.23. The summed E-state index contributed by atoms with van der Waals surface area (Å²) in [7, 11) is 0. The Labute approximate surface area is 123 Å². The molecule has 2 atom stereocenters. The van der Waals surface area contributed by atoms with Crippen molar-refractivity contribution in [2.45, 2.75) is 31.7 Å². The van der Waals surface area contributed by atoms with Crippen LogP contribution >= 0.6 is 11.6 Å². The first-order valence-corrected chi connectivity index (χ1v) is 6.52. The van der Waals surface area contributed by atoms with Crippen LogP contribution < -0.4 is 5.32 Å². The van der Waals surface area contributed by atoms with E-state index in [1.165, 1.54) is 0 Å². The van der Waals surface area contributed by atoms with Gasteiger partial charge in [0.2, 0.25) is 0 Å². The predicted molar refractivity (Wildman–Crippen MR) is 71.3 cm³/mol. The summed E-state index contributed by atoms with van der Waals surface area (Å²) in [5.74, 6) is 0.138. The lowest BCUT2D eigenvalue weighted by atomic mass is 10.1. The van der Waals surface area contributed by atoms with Crippen LogP contribution in [0, 0.1) is 0 Å². The van der Waals surface area contributed by atoms with Gasteiger partial charge in [-0.25, -0.2) is 4.98 Å². The van der Waals surface area contributed by atoms with Gasteiger partial charge < -0.3 is 15.3 Å². The Morgan fingerprint density at radius 2 is 2.29 bits per heavy atom. The summed E-state index contributed by atoms with van der Waals surface area (Å²) in [6.45, 7) is 1.84. The van der Waals surface area contributed by atoms with Gasteiger partial charge in [-0.3, -0.25) is 0 Å². The third kappa shape index (κ3) is 3.98. The zero-order chi connectivity index (χ0) is 15.6. The molecule has 0 saturated heterocycles. The minimum Gasteiger partial charge on any atom is -0.390 e. The number of hydrogen-bond acceptors (Lipinski definition) is 5. The summed E-state index contributed by atoms with van der Waals surface area (Å²) in [6.07, 6.45) is -4.36. The molecule has 0 aromatic carbocycles. The van der Waals surface area contributed by atoms with Crippen LogP contribution in [-0.4, -0.2) is 34.6 Å². The summed E-state index contributed by atoms with van der Waals surface area (Å²) >= 11 is 5.77. The van der Waals surface area contributed by atoms with Gasteiger partial charge in [-0.2, -0.15) is 13.2 Å². The highest BCUT2D eigenvalue weighted by Gasteiger charge is 2.31. The molecule has 5 nitrogen and oxygen atoms in total. The monoisotopic (exact) mass is 323 g/mol. The summed E-state index contributed by atoms with van der Waals surface area (Å²) in [4.78, 5) is 8.74. The molecule has 21 heavy (non-hydrogen) atoms. The molecular formula is C12H13ClF3N3O2. The number of aliphatic hydroxyl groups is 1. The Hall–Kier alpha value is -1.54. The number of nitrogens with zero attached hydrogens (tertiary/aromatic N) is 2. The zero-order valence-electron chi connectivity index (χ0n) is 11.0. The molecule has 9 heteroatoms. The first kappa shape index (κ1) is 15.8. The van der Waals surface area contributed by atoms with Crippen molar-refractivity contribution in [1.29, 1.82) is 0 Å². The third-order valence-corrected chi connectivity index (χ3v) is 3.19. The Bertz CT molecular complexity index is 549. The largest absolute Gasteiger partial charge is 0.417 e. The van der Waals surface area contributed by atoms with E-state index in [9.17, 15) is 18.3 Å². The van der Waals surface area contributed by atoms with Crippen LogP contribution in [0.25, 0.3) is 0 Å². The standard InChI is InChI=1S/C12H13ClF3N3O2/c1-6(20)10-3-8(21-19-10)5-18-11-9(13)2-7(4-17-11)12(14,15)16/h2,4,6,8,20H,3,5H2,1H3,(H,17,18)/t6-,8+/m0/s1. The van der Waals surface area contributed by atoms with Crippen molar-refractivity contribution < 1.29 is 23.1 Å². The van der Waals surface area contributed by atoms with E-state index >= 15 is 0 Å². The lowest BCUT2D eigenvalue weighted by molar-refractivity contribution is -0.137. The fourth-order valence-corrected chi connectivity index (χ4v) is 1.97. The predicted octanol–water partition coefficient (Wildman–Crippen LogP) is 2.69. The molecule has 2 rings (SSSR count). The number of hydrogen-bond donors (Lipinski definition) is 2. The Balaban J connectivity index is 1.93. The van der Waals surface area contributed by atoms with Gasteiger partial charge in [0.1, 0.15) is 11.9 Å². The minimum atomic E-state index is -4.48. The van der Waals surface area contributed by atoms with Crippen LogP contribution in [0.15, 0.2) is 17.4 Å². The van der Waals surface area contributed by atoms with E-state index in [0.29, 0.717) is 18.3 Å². The molecule has 1 aromatic heterocycles. The Morgan fingerprint density at radius 1 is 1.57 bits per heavy atom. The van der Waals surface area contributed by atoms with E-state index < -0.39 is 17.8 Å². The number of aromatic nitrogens is 1. The van der Waals surface area contributed by atoms with Gasteiger partial charge in [0.25, 0.3) is 0 Å². The van der Waals surface area contributed by atoms with E-state index in [1.807, 2.05) is 0 Å². The van der Waals surface area contributed by atoms with Crippen molar-refractivity contribution in [2.75, 3.05) is 11.9 Å². The quantitative estimate of drug-likeness (QED) is 0.894. The number of aliphatic hydroxyl groups excluding tert-OH is 1. The molecule has 1 aromatic rings. The van der Waals surface area contributed by atoms with Crippen LogP contribution in [-0.2, 0) is 11.0 Å². The van der Waals surface area contributed by atoms with Crippen molar-refractivity contribution in [2.24, 2.45) is 5.16 Å². The minimum absolute atomic E-state index is 0.125. The van der Waals surface area contributed by atoms with E-state index in [0.717, 1.165) is 6.07 Å². The van der Waals surface area contributed by atoms with E-state index in [2.05, 4.69) is 15.5 Å². The van der Waals surface area contributed by atoms with Gasteiger partial charge in [0.15, 0.2) is 0 Å². The van der Waals surface area contributed by atoms with E-state index in [4.69, 9.17) is 16.4 Å². The second-order valence-electron chi connectivity index (χ2n) is 4.62. The van der Waals surface area contributed by atoms with Crippen molar-refractivity contribution in [3.63, 3.8) is 0 Å². The number of nitrogens with one attached hydrogen (secondary N) is 1. The number of anilines is 1. The second-order valence-corrected chi connectivity index (χ2v) is 5.03. The maximum atomic E-state index is 12.5. The van der Waals surface area contributed by atoms with Crippen LogP contribution in [0.1, 0.15) is 18.9 Å². The molecule has 0 spiro atoms. The lowest BCUT2D eigenvalue weighted by Gasteiger charge is -2.13. The molecule has 1 aliphatic rings. The van der Waals surface area contributed by atoms with Crippen molar-refractivity contribution in [3.05, 3.63) is 22.8 Å². The maximum Gasteiger partial charge on any atom is 0.417 e. The number of halogens is 4. The summed E-state index contributed by atoms with van der Waals surface area (Å²) in [5.41, 5.74) is -0.386. The summed E-state index contributed by atoms with van der Waals surface area (Å²) in [5, 5.41) is 15.7. The molecule has 0 aliphatic carbocycles. The molecule has 0 unspecified atom stereocenters. The number of rotatable bonds is 4. The van der Waals surface area contributed by atoms with Crippen molar-refractivity contribution >= 4 is 23.1 Å². The normalized spacial score (nSPS) is 19.9. The Kier molecular flexibility index (Phi) is 4.58. The summed E-state index contributed by atoms with van der Waals surface area (Å²) in [6, 6.07) is 0.810. The molecule has 2 N–H and O–H groups in total. The van der Waals surface area contributed by atoms with Crippen LogP contribution in [0.2, 0.25) is 5.02 Å². The maximum absolute atomic E-state index is 12.5. The first-order valence-electron chi connectivity index (χ1n) is 6.14. The third-order valence-electron chi connectivity index (χ3n) is 2.90. The molecule has 0 amide bonds. The smallest absolute Gasteiger partial charge is 0.390 e. The van der Waals surface area contributed by atoms with E-state index in [-0.39, 0.29) is 23.5 Å². The van der Waals surface area contributed by atoms with E-state index in [1.54, 1.807) is 6.92 Å². The average Bonchev–Trinajstić information content (AvgIpc) is 2.85. The zero-order valence-corrected chi connectivity index (χ0v) is 11.7. The molecular weight excluding hydrogens is 311 g/mol. The fourth-order valence-electron chi connectivity index (χ4n) is 1.74.